The van der Waals surface area contributed by atoms with Crippen LogP contribution in [0.15, 0.2) is 42.5 Å². The van der Waals surface area contributed by atoms with Crippen LogP contribution in [0.25, 0.3) is 0 Å². The quantitative estimate of drug-likeness (QED) is 0.864. The summed E-state index contributed by atoms with van der Waals surface area (Å²) in [4.78, 5) is 15.5. The normalized spacial score (nSPS) is 24.3. The fourth-order valence-corrected chi connectivity index (χ4v) is 4.49. The lowest BCUT2D eigenvalue weighted by Gasteiger charge is -2.30. The van der Waals surface area contributed by atoms with Gasteiger partial charge in [-0.15, -0.1) is 12.4 Å². The van der Waals surface area contributed by atoms with Crippen LogP contribution in [0.2, 0.25) is 0 Å². The van der Waals surface area contributed by atoms with E-state index in [4.69, 9.17) is 0 Å². The van der Waals surface area contributed by atoms with Crippen LogP contribution >= 0.6 is 12.4 Å². The largest absolute Gasteiger partial charge is 0.331 e. The molecule has 2 fully saturated rings. The first-order valence-electron chi connectivity index (χ1n) is 9.20. The molecule has 4 rings (SSSR count). The maximum atomic E-state index is 13.3. The molecule has 3 atom stereocenters. The summed E-state index contributed by atoms with van der Waals surface area (Å²) in [5.41, 5.74) is 5.80. The van der Waals surface area contributed by atoms with Gasteiger partial charge in [-0.25, -0.2) is 0 Å². The fraction of sp³-hybridized carbons (Fsp3) is 0.409. The third-order valence-corrected chi connectivity index (χ3v) is 6.09. The predicted molar refractivity (Wildman–Crippen MR) is 108 cm³/mol. The Bertz CT molecular complexity index is 820. The molecule has 3 nitrogen and oxygen atoms in total. The zero-order valence-corrected chi connectivity index (χ0v) is 16.5. The summed E-state index contributed by atoms with van der Waals surface area (Å²) < 4.78 is 0. The van der Waals surface area contributed by atoms with E-state index in [-0.39, 0.29) is 24.4 Å². The number of rotatable bonds is 2. The van der Waals surface area contributed by atoms with E-state index < -0.39 is 0 Å². The highest BCUT2D eigenvalue weighted by atomic mass is 35.5. The van der Waals surface area contributed by atoms with Gasteiger partial charge < -0.3 is 10.2 Å². The highest BCUT2D eigenvalue weighted by Crippen LogP contribution is 2.44. The Morgan fingerprint density at radius 1 is 1.00 bits per heavy atom. The van der Waals surface area contributed by atoms with E-state index in [9.17, 15) is 4.79 Å². The number of hydrogen-bond acceptors (Lipinski definition) is 2. The third kappa shape index (κ3) is 3.15. The molecule has 0 saturated carbocycles. The molecule has 2 heterocycles. The Morgan fingerprint density at radius 2 is 1.77 bits per heavy atom. The van der Waals surface area contributed by atoms with Gasteiger partial charge in [0.15, 0.2) is 0 Å². The Labute approximate surface area is 162 Å². The van der Waals surface area contributed by atoms with E-state index in [0.29, 0.717) is 11.8 Å². The summed E-state index contributed by atoms with van der Waals surface area (Å²) in [6, 6.07) is 14.8. The van der Waals surface area contributed by atoms with Gasteiger partial charge >= 0.3 is 0 Å². The third-order valence-electron chi connectivity index (χ3n) is 6.09. The molecule has 0 aliphatic carbocycles. The number of nitrogens with zero attached hydrogens (tertiary/aromatic N) is 1. The van der Waals surface area contributed by atoms with Crippen LogP contribution in [0.4, 0.5) is 0 Å². The first-order chi connectivity index (χ1) is 12.1. The van der Waals surface area contributed by atoms with Gasteiger partial charge in [-0.2, -0.15) is 0 Å². The number of benzene rings is 2. The summed E-state index contributed by atoms with van der Waals surface area (Å²) in [7, 11) is 0. The Hall–Kier alpha value is -1.84. The van der Waals surface area contributed by atoms with Crippen LogP contribution in [0, 0.1) is 32.6 Å². The van der Waals surface area contributed by atoms with E-state index in [1.54, 1.807) is 0 Å². The monoisotopic (exact) mass is 370 g/mol. The van der Waals surface area contributed by atoms with E-state index in [1.165, 1.54) is 22.3 Å². The molecule has 2 aliphatic rings. The van der Waals surface area contributed by atoms with Crippen molar-refractivity contribution >= 4 is 18.3 Å². The average Bonchev–Trinajstić information content (AvgIpc) is 3.18. The second-order valence-corrected chi connectivity index (χ2v) is 7.64. The van der Waals surface area contributed by atoms with Crippen LogP contribution < -0.4 is 5.32 Å². The van der Waals surface area contributed by atoms with Gasteiger partial charge in [-0.1, -0.05) is 30.3 Å². The van der Waals surface area contributed by atoms with Crippen molar-refractivity contribution in [1.82, 2.24) is 10.2 Å². The molecule has 0 aromatic heterocycles. The van der Waals surface area contributed by atoms with Crippen molar-refractivity contribution in [2.75, 3.05) is 19.6 Å². The molecular weight excluding hydrogens is 344 g/mol. The zero-order chi connectivity index (χ0) is 17.6. The molecule has 138 valence electrons. The second-order valence-electron chi connectivity index (χ2n) is 7.64. The standard InChI is InChI=1S/C22H26N2O.ClH/c1-14-8-9-17(10-16(14)3)22(25)24-13-18-11-23-12-20(18)21(24)19-7-5-4-6-15(19)2;/h4-10,18,20-21,23H,11-13H2,1-3H3;1H/t18-,20-,21-;/m0./s1. The van der Waals surface area contributed by atoms with E-state index in [2.05, 4.69) is 61.3 Å². The van der Waals surface area contributed by atoms with Gasteiger partial charge in [-0.05, 0) is 61.1 Å². The van der Waals surface area contributed by atoms with Gasteiger partial charge in [0.2, 0.25) is 0 Å². The summed E-state index contributed by atoms with van der Waals surface area (Å²) in [5.74, 6) is 1.24. The predicted octanol–water partition coefficient (Wildman–Crippen LogP) is 4.07. The van der Waals surface area contributed by atoms with Gasteiger partial charge in [0.25, 0.3) is 5.91 Å². The number of carbonyl (C=O) groups is 1. The minimum Gasteiger partial charge on any atom is -0.331 e. The van der Waals surface area contributed by atoms with Crippen LogP contribution in [-0.4, -0.2) is 30.4 Å². The van der Waals surface area contributed by atoms with Crippen molar-refractivity contribution < 1.29 is 4.79 Å². The van der Waals surface area contributed by atoms with Crippen molar-refractivity contribution in [2.45, 2.75) is 26.8 Å². The molecular formula is C22H27ClN2O. The first-order valence-corrected chi connectivity index (χ1v) is 9.20. The van der Waals surface area contributed by atoms with Crippen LogP contribution in [0.3, 0.4) is 0 Å². The SMILES string of the molecule is Cc1ccc(C(=O)N2C[C@@H]3CNC[C@@H]3[C@@H]2c2ccccc2C)cc1C.Cl. The van der Waals surface area contributed by atoms with Crippen molar-refractivity contribution in [3.8, 4) is 0 Å². The molecule has 2 aliphatic heterocycles. The van der Waals surface area contributed by atoms with E-state index in [1.807, 2.05) is 12.1 Å². The Balaban J connectivity index is 0.00000196. The lowest BCUT2D eigenvalue weighted by atomic mass is 9.87. The minimum atomic E-state index is 0. The number of nitrogens with one attached hydrogen (secondary N) is 1. The number of hydrogen-bond donors (Lipinski definition) is 1. The molecule has 0 spiro atoms. The summed E-state index contributed by atoms with van der Waals surface area (Å²) in [6.07, 6.45) is 0. The van der Waals surface area contributed by atoms with Crippen LogP contribution in [-0.2, 0) is 0 Å². The average molecular weight is 371 g/mol. The second kappa shape index (κ2) is 7.42. The fourth-order valence-electron chi connectivity index (χ4n) is 4.49. The van der Waals surface area contributed by atoms with Crippen molar-refractivity contribution in [1.29, 1.82) is 0 Å². The number of aryl methyl sites for hydroxylation is 3. The Morgan fingerprint density at radius 3 is 2.50 bits per heavy atom. The molecule has 0 unspecified atom stereocenters. The molecule has 1 N–H and O–H groups in total. The maximum absolute atomic E-state index is 13.3. The van der Waals surface area contributed by atoms with E-state index in [0.717, 1.165) is 25.2 Å². The molecule has 0 bridgehead atoms. The highest BCUT2D eigenvalue weighted by Gasteiger charge is 2.47. The molecule has 2 aromatic carbocycles. The number of likely N-dealkylation sites (tertiary alicyclic amines) is 1. The number of halogens is 1. The first kappa shape index (κ1) is 18.9. The number of carbonyl (C=O) groups excluding carboxylic acids is 1. The van der Waals surface area contributed by atoms with E-state index >= 15 is 0 Å². The summed E-state index contributed by atoms with van der Waals surface area (Å²) >= 11 is 0. The minimum absolute atomic E-state index is 0. The van der Waals surface area contributed by atoms with Gasteiger partial charge in [0.1, 0.15) is 0 Å². The number of amides is 1. The topological polar surface area (TPSA) is 32.3 Å². The van der Waals surface area contributed by atoms with Gasteiger partial charge in [-0.3, -0.25) is 4.79 Å². The van der Waals surface area contributed by atoms with Crippen molar-refractivity contribution in [3.63, 3.8) is 0 Å². The van der Waals surface area contributed by atoms with Gasteiger partial charge in [0.05, 0.1) is 6.04 Å². The molecule has 2 saturated heterocycles. The number of fused-ring (bicyclic) bond motifs is 1. The molecule has 1 amide bonds. The lowest BCUT2D eigenvalue weighted by Crippen LogP contribution is -2.35. The Kier molecular flexibility index (Phi) is 5.40. The highest BCUT2D eigenvalue weighted by molar-refractivity contribution is 5.95. The lowest BCUT2D eigenvalue weighted by molar-refractivity contribution is 0.0713. The zero-order valence-electron chi connectivity index (χ0n) is 15.7. The molecule has 0 radical (unpaired) electrons. The van der Waals surface area contributed by atoms with Crippen molar-refractivity contribution in [3.05, 3.63) is 70.3 Å². The molecule has 2 aromatic rings. The van der Waals surface area contributed by atoms with Crippen LogP contribution in [0.5, 0.6) is 0 Å². The molecule has 26 heavy (non-hydrogen) atoms. The smallest absolute Gasteiger partial charge is 0.254 e. The summed E-state index contributed by atoms with van der Waals surface area (Å²) in [6.45, 7) is 9.19. The van der Waals surface area contributed by atoms with Crippen LogP contribution in [0.1, 0.15) is 38.7 Å². The summed E-state index contributed by atoms with van der Waals surface area (Å²) in [5, 5.41) is 3.52. The molecule has 4 heteroatoms. The maximum Gasteiger partial charge on any atom is 0.254 e. The van der Waals surface area contributed by atoms with Crippen molar-refractivity contribution in [2.24, 2.45) is 11.8 Å². The van der Waals surface area contributed by atoms with Gasteiger partial charge in [0, 0.05) is 31.1 Å².